The fourth-order valence-electron chi connectivity index (χ4n) is 1.77. The monoisotopic (exact) mass is 273 g/mol. The van der Waals surface area contributed by atoms with E-state index < -0.39 is 0 Å². The third kappa shape index (κ3) is 2.69. The van der Waals surface area contributed by atoms with Crippen LogP contribution in [0.5, 0.6) is 11.5 Å². The molecule has 2 aromatic rings. The smallest absolute Gasteiger partial charge is 0.263 e. The van der Waals surface area contributed by atoms with Gasteiger partial charge in [0.15, 0.2) is 0 Å². The minimum Gasteiger partial charge on any atom is -0.496 e. The molecule has 1 aromatic carbocycles. The Hall–Kier alpha value is -2.63. The molecule has 0 saturated carbocycles. The van der Waals surface area contributed by atoms with E-state index >= 15 is 0 Å². The zero-order chi connectivity index (χ0) is 14.5. The van der Waals surface area contributed by atoms with E-state index in [0.29, 0.717) is 22.7 Å². The molecular formula is C14H15N3O3. The Bertz CT molecular complexity index is 607. The lowest BCUT2D eigenvalue weighted by Crippen LogP contribution is -2.15. The van der Waals surface area contributed by atoms with Crippen LogP contribution in [0.1, 0.15) is 15.9 Å². The molecule has 2 rings (SSSR count). The van der Waals surface area contributed by atoms with Crippen LogP contribution in [-0.2, 0) is 0 Å². The molecule has 0 aliphatic rings. The average molecular weight is 273 g/mol. The Balaban J connectivity index is 2.36. The van der Waals surface area contributed by atoms with Gasteiger partial charge in [-0.15, -0.1) is 0 Å². The molecular weight excluding hydrogens is 258 g/mol. The molecule has 0 aliphatic carbocycles. The third-order valence-electron chi connectivity index (χ3n) is 2.83. The number of methoxy groups -OCH3 is 2. The number of nitrogens with zero attached hydrogens (tertiary/aromatic N) is 2. The van der Waals surface area contributed by atoms with E-state index in [0.717, 1.165) is 5.56 Å². The van der Waals surface area contributed by atoms with E-state index in [2.05, 4.69) is 15.5 Å². The minimum absolute atomic E-state index is 0.324. The van der Waals surface area contributed by atoms with Crippen LogP contribution in [0.25, 0.3) is 0 Å². The minimum atomic E-state index is -0.324. The van der Waals surface area contributed by atoms with Gasteiger partial charge in [-0.3, -0.25) is 4.79 Å². The van der Waals surface area contributed by atoms with Gasteiger partial charge in [0.2, 0.25) is 0 Å². The van der Waals surface area contributed by atoms with Crippen molar-refractivity contribution >= 4 is 11.6 Å². The molecule has 0 bridgehead atoms. The number of amides is 1. The molecule has 104 valence electrons. The Labute approximate surface area is 116 Å². The van der Waals surface area contributed by atoms with Crippen molar-refractivity contribution in [1.82, 2.24) is 10.2 Å². The summed E-state index contributed by atoms with van der Waals surface area (Å²) in [6, 6.07) is 5.16. The first-order valence-electron chi connectivity index (χ1n) is 5.97. The fourth-order valence-corrected chi connectivity index (χ4v) is 1.77. The van der Waals surface area contributed by atoms with E-state index in [1.165, 1.54) is 20.4 Å². The van der Waals surface area contributed by atoms with Crippen molar-refractivity contribution in [1.29, 1.82) is 0 Å². The van der Waals surface area contributed by atoms with Crippen LogP contribution >= 0.6 is 0 Å². The van der Waals surface area contributed by atoms with Gasteiger partial charge in [0, 0.05) is 0 Å². The van der Waals surface area contributed by atoms with Gasteiger partial charge in [-0.25, -0.2) is 0 Å². The summed E-state index contributed by atoms with van der Waals surface area (Å²) < 4.78 is 10.4. The van der Waals surface area contributed by atoms with Gasteiger partial charge in [-0.2, -0.15) is 10.2 Å². The molecule has 0 unspecified atom stereocenters. The maximum Gasteiger partial charge on any atom is 0.263 e. The normalized spacial score (nSPS) is 9.95. The molecule has 6 heteroatoms. The van der Waals surface area contributed by atoms with Crippen molar-refractivity contribution in [3.05, 3.63) is 41.7 Å². The summed E-state index contributed by atoms with van der Waals surface area (Å²) in [6.07, 6.45) is 3.07. The van der Waals surface area contributed by atoms with Gasteiger partial charge < -0.3 is 14.8 Å². The van der Waals surface area contributed by atoms with Crippen molar-refractivity contribution < 1.29 is 14.3 Å². The molecule has 0 spiro atoms. The summed E-state index contributed by atoms with van der Waals surface area (Å²) >= 11 is 0. The maximum atomic E-state index is 12.4. The first kappa shape index (κ1) is 13.8. The van der Waals surface area contributed by atoms with E-state index in [4.69, 9.17) is 9.47 Å². The fraction of sp³-hybridized carbons (Fsp3) is 0.214. The van der Waals surface area contributed by atoms with Crippen LogP contribution in [0, 0.1) is 6.92 Å². The Morgan fingerprint density at radius 2 is 1.70 bits per heavy atom. The highest BCUT2D eigenvalue weighted by atomic mass is 16.5. The van der Waals surface area contributed by atoms with Crippen LogP contribution < -0.4 is 14.8 Å². The summed E-state index contributed by atoms with van der Waals surface area (Å²) in [5.74, 6) is 0.568. The first-order chi connectivity index (χ1) is 9.67. The largest absolute Gasteiger partial charge is 0.496 e. The number of aromatic nitrogens is 2. The standard InChI is InChI=1S/C14H15N3O3/c1-9-7-15-16-8-10(9)17-14(18)13-11(19-2)5-4-6-12(13)20-3/h4-8H,1-3H3,(H,15,17,18). The van der Waals surface area contributed by atoms with Crippen LogP contribution in [-0.4, -0.2) is 30.3 Å². The van der Waals surface area contributed by atoms with Crippen LogP contribution in [0.3, 0.4) is 0 Å². The summed E-state index contributed by atoms with van der Waals surface area (Å²) in [5, 5.41) is 10.3. The third-order valence-corrected chi connectivity index (χ3v) is 2.83. The predicted molar refractivity (Wildman–Crippen MR) is 74.3 cm³/mol. The Morgan fingerprint density at radius 1 is 1.10 bits per heavy atom. The second-order valence-corrected chi connectivity index (χ2v) is 4.08. The summed E-state index contributed by atoms with van der Waals surface area (Å²) in [7, 11) is 3.01. The number of carbonyl (C=O) groups is 1. The van der Waals surface area contributed by atoms with E-state index in [9.17, 15) is 4.79 Å². The maximum absolute atomic E-state index is 12.4. The van der Waals surface area contributed by atoms with Crippen LogP contribution in [0.15, 0.2) is 30.6 Å². The zero-order valence-corrected chi connectivity index (χ0v) is 11.5. The van der Waals surface area contributed by atoms with Crippen LogP contribution in [0.4, 0.5) is 5.69 Å². The summed E-state index contributed by atoms with van der Waals surface area (Å²) in [4.78, 5) is 12.4. The number of ether oxygens (including phenoxy) is 2. The number of hydrogen-bond donors (Lipinski definition) is 1. The molecule has 1 aromatic heterocycles. The SMILES string of the molecule is COc1cccc(OC)c1C(=O)Nc1cnncc1C. The summed E-state index contributed by atoms with van der Waals surface area (Å²) in [5.41, 5.74) is 1.76. The Morgan fingerprint density at radius 3 is 2.25 bits per heavy atom. The number of benzene rings is 1. The molecule has 0 aliphatic heterocycles. The molecule has 20 heavy (non-hydrogen) atoms. The highest BCUT2D eigenvalue weighted by Gasteiger charge is 2.18. The van der Waals surface area contributed by atoms with E-state index in [-0.39, 0.29) is 5.91 Å². The van der Waals surface area contributed by atoms with Gasteiger partial charge in [-0.05, 0) is 24.6 Å². The number of nitrogens with one attached hydrogen (secondary N) is 1. The number of aryl methyl sites for hydroxylation is 1. The van der Waals surface area contributed by atoms with Gasteiger partial charge in [-0.1, -0.05) is 6.07 Å². The van der Waals surface area contributed by atoms with Crippen molar-refractivity contribution in [2.24, 2.45) is 0 Å². The Kier molecular flexibility index (Phi) is 4.14. The highest BCUT2D eigenvalue weighted by Crippen LogP contribution is 2.29. The molecule has 1 N–H and O–H groups in total. The summed E-state index contributed by atoms with van der Waals surface area (Å²) in [6.45, 7) is 1.84. The molecule has 6 nitrogen and oxygen atoms in total. The molecule has 0 atom stereocenters. The average Bonchev–Trinajstić information content (AvgIpc) is 2.48. The molecule has 1 heterocycles. The van der Waals surface area contributed by atoms with Crippen molar-refractivity contribution in [3.63, 3.8) is 0 Å². The second kappa shape index (κ2) is 6.01. The second-order valence-electron chi connectivity index (χ2n) is 4.08. The lowest BCUT2D eigenvalue weighted by Gasteiger charge is -2.13. The quantitative estimate of drug-likeness (QED) is 0.923. The van der Waals surface area contributed by atoms with E-state index in [1.807, 2.05) is 6.92 Å². The van der Waals surface area contributed by atoms with Crippen molar-refractivity contribution in [3.8, 4) is 11.5 Å². The van der Waals surface area contributed by atoms with Crippen molar-refractivity contribution in [2.75, 3.05) is 19.5 Å². The molecule has 0 saturated heterocycles. The molecule has 1 amide bonds. The van der Waals surface area contributed by atoms with Gasteiger partial charge in [0.25, 0.3) is 5.91 Å². The molecule has 0 fully saturated rings. The highest BCUT2D eigenvalue weighted by molar-refractivity contribution is 6.08. The van der Waals surface area contributed by atoms with Gasteiger partial charge in [0.1, 0.15) is 17.1 Å². The van der Waals surface area contributed by atoms with E-state index in [1.54, 1.807) is 24.4 Å². The lowest BCUT2D eigenvalue weighted by molar-refractivity contribution is 0.102. The van der Waals surface area contributed by atoms with Crippen molar-refractivity contribution in [2.45, 2.75) is 6.92 Å². The van der Waals surface area contributed by atoms with Crippen LogP contribution in [0.2, 0.25) is 0 Å². The number of hydrogen-bond acceptors (Lipinski definition) is 5. The predicted octanol–water partition coefficient (Wildman–Crippen LogP) is 2.05. The van der Waals surface area contributed by atoms with Gasteiger partial charge in [0.05, 0.1) is 32.3 Å². The molecule has 0 radical (unpaired) electrons. The zero-order valence-electron chi connectivity index (χ0n) is 11.5. The first-order valence-corrected chi connectivity index (χ1v) is 5.97. The topological polar surface area (TPSA) is 73.3 Å². The number of rotatable bonds is 4. The lowest BCUT2D eigenvalue weighted by atomic mass is 10.1. The number of carbonyl (C=O) groups excluding carboxylic acids is 1. The van der Waals surface area contributed by atoms with Gasteiger partial charge >= 0.3 is 0 Å². The number of anilines is 1.